The van der Waals surface area contributed by atoms with E-state index in [-0.39, 0.29) is 0 Å². The molecule has 0 saturated carbocycles. The van der Waals surface area contributed by atoms with Crippen LogP contribution in [0, 0.1) is 0 Å². The van der Waals surface area contributed by atoms with Crippen molar-refractivity contribution in [2.24, 2.45) is 0 Å². The van der Waals surface area contributed by atoms with Crippen molar-refractivity contribution in [2.75, 3.05) is 11.9 Å². The van der Waals surface area contributed by atoms with Gasteiger partial charge in [-0.3, -0.25) is 9.59 Å². The number of aliphatic carboxylic acids is 1. The largest absolute Gasteiger partial charge is 0.481 e. The fourth-order valence-electron chi connectivity index (χ4n) is 1.06. The molecule has 0 spiro atoms. The summed E-state index contributed by atoms with van der Waals surface area (Å²) >= 11 is 5.68. The number of anilines is 1. The Labute approximate surface area is 92.1 Å². The first-order valence-corrected chi connectivity index (χ1v) is 4.62. The number of nitrogens with zero attached hydrogens (tertiary/aromatic N) is 1. The molecule has 5 heteroatoms. The van der Waals surface area contributed by atoms with Crippen LogP contribution in [0.25, 0.3) is 0 Å². The summed E-state index contributed by atoms with van der Waals surface area (Å²) in [6.45, 7) is 0. The van der Waals surface area contributed by atoms with Crippen LogP contribution in [0.5, 0.6) is 0 Å². The van der Waals surface area contributed by atoms with Gasteiger partial charge >= 0.3 is 5.97 Å². The van der Waals surface area contributed by atoms with Crippen LogP contribution < -0.4 is 4.90 Å². The highest BCUT2D eigenvalue weighted by Crippen LogP contribution is 2.17. The molecule has 0 radical (unpaired) electrons. The summed E-state index contributed by atoms with van der Waals surface area (Å²) < 4.78 is 0. The van der Waals surface area contributed by atoms with Crippen LogP contribution in [0.3, 0.4) is 0 Å². The normalized spacial score (nSPS) is 9.73. The maximum Gasteiger partial charge on any atom is 0.312 e. The van der Waals surface area contributed by atoms with Crippen LogP contribution in [0.1, 0.15) is 6.42 Å². The second-order valence-electron chi connectivity index (χ2n) is 3.00. The molecule has 0 fully saturated rings. The minimum atomic E-state index is -1.14. The van der Waals surface area contributed by atoms with Crippen molar-refractivity contribution in [1.82, 2.24) is 0 Å². The van der Waals surface area contributed by atoms with Gasteiger partial charge in [0, 0.05) is 17.8 Å². The van der Waals surface area contributed by atoms with Crippen LogP contribution in [-0.2, 0) is 9.59 Å². The Morgan fingerprint density at radius 1 is 1.33 bits per heavy atom. The molecule has 0 heterocycles. The Morgan fingerprint density at radius 3 is 2.33 bits per heavy atom. The van der Waals surface area contributed by atoms with Gasteiger partial charge in [-0.15, -0.1) is 0 Å². The lowest BCUT2D eigenvalue weighted by atomic mass is 10.3. The predicted octanol–water partition coefficient (Wildman–Crippen LogP) is 1.78. The van der Waals surface area contributed by atoms with Crippen LogP contribution in [0.15, 0.2) is 24.3 Å². The number of rotatable bonds is 3. The third-order valence-electron chi connectivity index (χ3n) is 1.89. The van der Waals surface area contributed by atoms with E-state index in [1.165, 1.54) is 11.9 Å². The van der Waals surface area contributed by atoms with Crippen molar-refractivity contribution in [1.29, 1.82) is 0 Å². The number of carboxylic acid groups (broad SMARTS) is 1. The van der Waals surface area contributed by atoms with Gasteiger partial charge in [0.05, 0.1) is 0 Å². The lowest BCUT2D eigenvalue weighted by Crippen LogP contribution is -2.28. The van der Waals surface area contributed by atoms with Crippen LogP contribution in [-0.4, -0.2) is 24.0 Å². The van der Waals surface area contributed by atoms with E-state index >= 15 is 0 Å². The average Bonchev–Trinajstić information content (AvgIpc) is 2.17. The minimum absolute atomic E-state index is 0.468. The Hall–Kier alpha value is -1.55. The standard InChI is InChI=1S/C10H10ClNO3/c1-12(9(13)6-10(14)15)8-4-2-7(11)3-5-8/h2-5H,6H2,1H3,(H,14,15). The molecular weight excluding hydrogens is 218 g/mol. The molecule has 0 aliphatic carbocycles. The molecule has 1 aromatic rings. The van der Waals surface area contributed by atoms with Crippen molar-refractivity contribution in [3.8, 4) is 0 Å². The predicted molar refractivity (Wildman–Crippen MR) is 57.1 cm³/mol. The first-order valence-electron chi connectivity index (χ1n) is 4.24. The zero-order valence-electron chi connectivity index (χ0n) is 8.11. The van der Waals surface area contributed by atoms with E-state index in [1.807, 2.05) is 0 Å². The molecule has 0 saturated heterocycles. The number of hydrogen-bond donors (Lipinski definition) is 1. The van der Waals surface area contributed by atoms with Gasteiger partial charge in [-0.1, -0.05) is 11.6 Å². The number of halogens is 1. The Balaban J connectivity index is 2.76. The maximum absolute atomic E-state index is 11.4. The van der Waals surface area contributed by atoms with E-state index < -0.39 is 18.3 Å². The van der Waals surface area contributed by atoms with Gasteiger partial charge in [-0.05, 0) is 24.3 Å². The first-order chi connectivity index (χ1) is 7.00. The molecule has 1 rings (SSSR count). The van der Waals surface area contributed by atoms with E-state index in [0.717, 1.165) is 0 Å². The molecule has 1 aromatic carbocycles. The highest BCUT2D eigenvalue weighted by atomic mass is 35.5. The topological polar surface area (TPSA) is 57.6 Å². The summed E-state index contributed by atoms with van der Waals surface area (Å²) in [6.07, 6.45) is -0.515. The third kappa shape index (κ3) is 3.25. The summed E-state index contributed by atoms with van der Waals surface area (Å²) in [5, 5.41) is 9.02. The lowest BCUT2D eigenvalue weighted by molar-refractivity contribution is -0.140. The molecule has 0 bridgehead atoms. The van der Waals surface area contributed by atoms with Gasteiger partial charge in [0.1, 0.15) is 6.42 Å². The molecule has 1 amide bonds. The van der Waals surface area contributed by atoms with Gasteiger partial charge in [0.15, 0.2) is 0 Å². The second-order valence-corrected chi connectivity index (χ2v) is 3.44. The monoisotopic (exact) mass is 227 g/mol. The summed E-state index contributed by atoms with van der Waals surface area (Å²) in [7, 11) is 1.52. The number of carbonyl (C=O) groups is 2. The third-order valence-corrected chi connectivity index (χ3v) is 2.14. The smallest absolute Gasteiger partial charge is 0.312 e. The summed E-state index contributed by atoms with van der Waals surface area (Å²) in [4.78, 5) is 23.0. The Kier molecular flexibility index (Phi) is 3.68. The molecule has 0 atom stereocenters. The van der Waals surface area contributed by atoms with Crippen molar-refractivity contribution in [3.05, 3.63) is 29.3 Å². The van der Waals surface area contributed by atoms with E-state index in [2.05, 4.69) is 0 Å². The van der Waals surface area contributed by atoms with E-state index in [0.29, 0.717) is 10.7 Å². The van der Waals surface area contributed by atoms with Crippen LogP contribution in [0.4, 0.5) is 5.69 Å². The van der Waals surface area contributed by atoms with Crippen molar-refractivity contribution < 1.29 is 14.7 Å². The van der Waals surface area contributed by atoms with Crippen molar-refractivity contribution in [3.63, 3.8) is 0 Å². The zero-order chi connectivity index (χ0) is 11.4. The molecule has 0 aromatic heterocycles. The van der Waals surface area contributed by atoms with Crippen LogP contribution in [0.2, 0.25) is 5.02 Å². The van der Waals surface area contributed by atoms with Gasteiger partial charge in [-0.25, -0.2) is 0 Å². The van der Waals surface area contributed by atoms with E-state index in [1.54, 1.807) is 24.3 Å². The lowest BCUT2D eigenvalue weighted by Gasteiger charge is -2.16. The Bertz CT molecular complexity index is 375. The van der Waals surface area contributed by atoms with Gasteiger partial charge in [0.25, 0.3) is 0 Å². The number of hydrogen-bond acceptors (Lipinski definition) is 2. The van der Waals surface area contributed by atoms with Crippen LogP contribution >= 0.6 is 11.6 Å². The average molecular weight is 228 g/mol. The first kappa shape index (κ1) is 11.5. The molecule has 1 N–H and O–H groups in total. The molecule has 15 heavy (non-hydrogen) atoms. The number of benzene rings is 1. The highest BCUT2D eigenvalue weighted by molar-refractivity contribution is 6.30. The van der Waals surface area contributed by atoms with E-state index in [9.17, 15) is 9.59 Å². The molecule has 80 valence electrons. The SMILES string of the molecule is CN(C(=O)CC(=O)O)c1ccc(Cl)cc1. The minimum Gasteiger partial charge on any atom is -0.481 e. The quantitative estimate of drug-likeness (QED) is 0.801. The fourth-order valence-corrected chi connectivity index (χ4v) is 1.18. The molecular formula is C10H10ClNO3. The van der Waals surface area contributed by atoms with Crippen molar-refractivity contribution in [2.45, 2.75) is 6.42 Å². The summed E-state index contributed by atoms with van der Waals surface area (Å²) in [6, 6.07) is 6.59. The van der Waals surface area contributed by atoms with Gasteiger partial charge in [-0.2, -0.15) is 0 Å². The maximum atomic E-state index is 11.4. The number of carboxylic acids is 1. The van der Waals surface area contributed by atoms with Gasteiger partial charge in [0.2, 0.25) is 5.91 Å². The molecule has 0 unspecified atom stereocenters. The molecule has 0 aliphatic rings. The van der Waals surface area contributed by atoms with Crippen molar-refractivity contribution >= 4 is 29.2 Å². The molecule has 0 aliphatic heterocycles. The van der Waals surface area contributed by atoms with Gasteiger partial charge < -0.3 is 10.0 Å². The second kappa shape index (κ2) is 4.79. The summed E-state index contributed by atoms with van der Waals surface area (Å²) in [5.41, 5.74) is 0.616. The Morgan fingerprint density at radius 2 is 1.87 bits per heavy atom. The van der Waals surface area contributed by atoms with E-state index in [4.69, 9.17) is 16.7 Å². The number of carbonyl (C=O) groups excluding carboxylic acids is 1. The summed E-state index contributed by atoms with van der Waals surface area (Å²) in [5.74, 6) is -1.61. The zero-order valence-corrected chi connectivity index (χ0v) is 8.86. The number of amides is 1. The highest BCUT2D eigenvalue weighted by Gasteiger charge is 2.14. The fraction of sp³-hybridized carbons (Fsp3) is 0.200. The molecule has 4 nitrogen and oxygen atoms in total.